The van der Waals surface area contributed by atoms with Gasteiger partial charge < -0.3 is 19.4 Å². The van der Waals surface area contributed by atoms with Gasteiger partial charge in [0.2, 0.25) is 0 Å². The van der Waals surface area contributed by atoms with Crippen molar-refractivity contribution in [2.45, 2.75) is 31.9 Å². The van der Waals surface area contributed by atoms with E-state index in [9.17, 15) is 18.0 Å². The van der Waals surface area contributed by atoms with Crippen LogP contribution < -0.4 is 9.64 Å². The smallest absolute Gasteiger partial charge is 0.416 e. The summed E-state index contributed by atoms with van der Waals surface area (Å²) in [4.78, 5) is 19.2. The third kappa shape index (κ3) is 6.44. The van der Waals surface area contributed by atoms with Crippen LogP contribution in [0.15, 0.2) is 48.5 Å². The van der Waals surface area contributed by atoms with Gasteiger partial charge in [0.1, 0.15) is 5.75 Å². The fraction of sp³-hybridized carbons (Fsp3) is 0.500. The van der Waals surface area contributed by atoms with Gasteiger partial charge in [-0.15, -0.1) is 0 Å². The van der Waals surface area contributed by atoms with Gasteiger partial charge in [0.15, 0.2) is 0 Å². The summed E-state index contributed by atoms with van der Waals surface area (Å²) in [5.41, 5.74) is 0.699. The quantitative estimate of drug-likeness (QED) is 0.533. The zero-order valence-electron chi connectivity index (χ0n) is 19.4. The molecule has 2 aliphatic rings. The van der Waals surface area contributed by atoms with E-state index in [1.807, 2.05) is 17.0 Å². The van der Waals surface area contributed by atoms with Gasteiger partial charge in [0.05, 0.1) is 12.2 Å². The maximum Gasteiger partial charge on any atom is 0.416 e. The number of piperazine rings is 1. The lowest BCUT2D eigenvalue weighted by molar-refractivity contribution is -0.137. The molecule has 2 heterocycles. The Hall–Kier alpha value is -2.74. The highest BCUT2D eigenvalue weighted by Gasteiger charge is 2.30. The van der Waals surface area contributed by atoms with E-state index in [2.05, 4.69) is 4.90 Å². The molecule has 0 spiro atoms. The van der Waals surface area contributed by atoms with Gasteiger partial charge in [-0.25, -0.2) is 0 Å². The average molecular weight is 476 g/mol. The largest absolute Gasteiger partial charge is 0.494 e. The van der Waals surface area contributed by atoms with E-state index in [4.69, 9.17) is 4.74 Å². The van der Waals surface area contributed by atoms with Crippen LogP contribution >= 0.6 is 0 Å². The van der Waals surface area contributed by atoms with E-state index >= 15 is 0 Å². The fourth-order valence-electron chi connectivity index (χ4n) is 4.57. The molecule has 8 heteroatoms. The highest BCUT2D eigenvalue weighted by atomic mass is 19.4. The molecular weight excluding hydrogens is 443 g/mol. The molecular formula is C26H32F3N3O2. The second kappa shape index (κ2) is 11.1. The molecule has 0 aromatic heterocycles. The van der Waals surface area contributed by atoms with Crippen molar-refractivity contribution in [1.82, 2.24) is 9.80 Å². The molecule has 0 aliphatic carbocycles. The van der Waals surface area contributed by atoms with Crippen LogP contribution in [0.2, 0.25) is 0 Å². The zero-order valence-corrected chi connectivity index (χ0v) is 19.4. The molecule has 2 aromatic carbocycles. The molecule has 184 valence electrons. The van der Waals surface area contributed by atoms with Crippen LogP contribution in [0.25, 0.3) is 0 Å². The number of hydrogen-bond donors (Lipinski definition) is 0. The van der Waals surface area contributed by atoms with Crippen LogP contribution in [0.3, 0.4) is 0 Å². The molecule has 0 bridgehead atoms. The number of nitrogens with zero attached hydrogens (tertiary/aromatic N) is 3. The van der Waals surface area contributed by atoms with E-state index in [1.165, 1.54) is 44.5 Å². The average Bonchev–Trinajstić information content (AvgIpc) is 2.87. The molecule has 0 radical (unpaired) electrons. The number of amides is 1. The molecule has 0 N–H and O–H groups in total. The van der Waals surface area contributed by atoms with Crippen molar-refractivity contribution >= 4 is 11.6 Å². The Bertz CT molecular complexity index is 918. The van der Waals surface area contributed by atoms with Crippen LogP contribution in [-0.4, -0.2) is 68.1 Å². The second-order valence-electron chi connectivity index (χ2n) is 8.95. The third-order valence-electron chi connectivity index (χ3n) is 6.56. The fourth-order valence-corrected chi connectivity index (χ4v) is 4.57. The lowest BCUT2D eigenvalue weighted by Crippen LogP contribution is -2.48. The maximum absolute atomic E-state index is 12.9. The second-order valence-corrected chi connectivity index (χ2v) is 8.95. The molecule has 2 saturated heterocycles. The van der Waals surface area contributed by atoms with E-state index < -0.39 is 11.7 Å². The molecule has 5 nitrogen and oxygen atoms in total. The summed E-state index contributed by atoms with van der Waals surface area (Å²) in [5.74, 6) is 0.728. The number of alkyl halides is 3. The van der Waals surface area contributed by atoms with Crippen molar-refractivity contribution in [3.8, 4) is 5.75 Å². The van der Waals surface area contributed by atoms with Gasteiger partial charge in [0, 0.05) is 44.0 Å². The van der Waals surface area contributed by atoms with E-state index in [1.54, 1.807) is 17.0 Å². The highest BCUT2D eigenvalue weighted by Crippen LogP contribution is 2.30. The number of benzene rings is 2. The van der Waals surface area contributed by atoms with Gasteiger partial charge >= 0.3 is 6.18 Å². The first-order chi connectivity index (χ1) is 16.4. The Labute approximate surface area is 199 Å². The van der Waals surface area contributed by atoms with Gasteiger partial charge in [-0.1, -0.05) is 6.42 Å². The molecule has 2 aromatic rings. The molecule has 0 unspecified atom stereocenters. The number of anilines is 1. The van der Waals surface area contributed by atoms with Crippen LogP contribution in [0.5, 0.6) is 5.75 Å². The number of carbonyl (C=O) groups excluding carboxylic acids is 1. The van der Waals surface area contributed by atoms with Crippen LogP contribution in [0, 0.1) is 0 Å². The Morgan fingerprint density at radius 1 is 0.824 bits per heavy atom. The first-order valence-electron chi connectivity index (χ1n) is 12.1. The number of ether oxygens (including phenoxy) is 1. The minimum atomic E-state index is -4.34. The van der Waals surface area contributed by atoms with Crippen molar-refractivity contribution < 1.29 is 22.7 Å². The number of carbonyl (C=O) groups is 1. The number of hydrogen-bond acceptors (Lipinski definition) is 4. The van der Waals surface area contributed by atoms with Crippen molar-refractivity contribution in [2.24, 2.45) is 0 Å². The summed E-state index contributed by atoms with van der Waals surface area (Å²) in [6.07, 6.45) is 0.578. The lowest BCUT2D eigenvalue weighted by atomic mass is 10.1. The minimum absolute atomic E-state index is 0.0382. The SMILES string of the molecule is O=C(c1ccc(OCCCN2CCCCC2)cc1)N1CCN(c2ccc(C(F)(F)F)cc2)CC1. The van der Waals surface area contributed by atoms with Gasteiger partial charge in [-0.05, 0) is 80.9 Å². The van der Waals surface area contributed by atoms with Crippen molar-refractivity contribution in [2.75, 3.05) is 57.3 Å². The normalized spacial score (nSPS) is 17.6. The van der Waals surface area contributed by atoms with Crippen LogP contribution in [0.1, 0.15) is 41.6 Å². The Morgan fingerprint density at radius 2 is 1.47 bits per heavy atom. The summed E-state index contributed by atoms with van der Waals surface area (Å²) in [5, 5.41) is 0. The lowest BCUT2D eigenvalue weighted by Gasteiger charge is -2.36. The van der Waals surface area contributed by atoms with Gasteiger partial charge in [-0.3, -0.25) is 4.79 Å². The summed E-state index contributed by atoms with van der Waals surface area (Å²) < 4.78 is 44.1. The van der Waals surface area contributed by atoms with E-state index in [-0.39, 0.29) is 5.91 Å². The van der Waals surface area contributed by atoms with E-state index in [0.29, 0.717) is 38.3 Å². The molecule has 4 rings (SSSR count). The number of piperidine rings is 1. The third-order valence-corrected chi connectivity index (χ3v) is 6.56. The van der Waals surface area contributed by atoms with Crippen LogP contribution in [0.4, 0.5) is 18.9 Å². The molecule has 34 heavy (non-hydrogen) atoms. The monoisotopic (exact) mass is 475 g/mol. The van der Waals surface area contributed by atoms with Crippen molar-refractivity contribution in [3.63, 3.8) is 0 Å². The topological polar surface area (TPSA) is 36.0 Å². The Kier molecular flexibility index (Phi) is 7.98. The summed E-state index contributed by atoms with van der Waals surface area (Å²) in [6, 6.07) is 12.5. The van der Waals surface area contributed by atoms with Gasteiger partial charge in [0.25, 0.3) is 5.91 Å². The molecule has 2 aliphatic heterocycles. The standard InChI is InChI=1S/C26H32F3N3O2/c27-26(28,29)22-7-9-23(10-8-22)31-16-18-32(19-17-31)25(33)21-5-11-24(12-6-21)34-20-4-15-30-13-2-1-3-14-30/h5-12H,1-4,13-20H2. The minimum Gasteiger partial charge on any atom is -0.494 e. The number of halogens is 3. The highest BCUT2D eigenvalue weighted by molar-refractivity contribution is 5.94. The molecule has 0 atom stereocenters. The predicted octanol–water partition coefficient (Wildman–Crippen LogP) is 4.92. The molecule has 2 fully saturated rings. The Morgan fingerprint density at radius 3 is 2.09 bits per heavy atom. The number of likely N-dealkylation sites (tertiary alicyclic amines) is 1. The van der Waals surface area contributed by atoms with Crippen LogP contribution in [-0.2, 0) is 6.18 Å². The molecule has 1 amide bonds. The van der Waals surface area contributed by atoms with Crippen molar-refractivity contribution in [1.29, 1.82) is 0 Å². The van der Waals surface area contributed by atoms with E-state index in [0.717, 1.165) is 36.5 Å². The van der Waals surface area contributed by atoms with Crippen molar-refractivity contribution in [3.05, 3.63) is 59.7 Å². The summed E-state index contributed by atoms with van der Waals surface area (Å²) in [6.45, 7) is 6.31. The predicted molar refractivity (Wildman–Crippen MR) is 126 cm³/mol. The Balaban J connectivity index is 1.21. The molecule has 0 saturated carbocycles. The summed E-state index contributed by atoms with van der Waals surface area (Å²) >= 11 is 0. The zero-order chi connectivity index (χ0) is 24.0. The maximum atomic E-state index is 12.9. The number of rotatable bonds is 7. The first-order valence-corrected chi connectivity index (χ1v) is 12.1. The van der Waals surface area contributed by atoms with Gasteiger partial charge in [-0.2, -0.15) is 13.2 Å². The first kappa shape index (κ1) is 24.4. The summed E-state index contributed by atoms with van der Waals surface area (Å²) in [7, 11) is 0.